The molecular formula is C23H25N3O5. The molecule has 2 amide bonds. The summed E-state index contributed by atoms with van der Waals surface area (Å²) in [6.45, 7) is 4.25. The molecule has 2 rings (SSSR count). The normalized spacial score (nSPS) is 12.2. The Balaban J connectivity index is 1.77. The van der Waals surface area contributed by atoms with Crippen molar-refractivity contribution in [2.24, 2.45) is 5.92 Å². The molecule has 8 nitrogen and oxygen atoms in total. The van der Waals surface area contributed by atoms with Gasteiger partial charge in [0.1, 0.15) is 23.6 Å². The fourth-order valence-corrected chi connectivity index (χ4v) is 2.38. The molecule has 2 aromatic carbocycles. The largest absolute Gasteiger partial charge is 0.457 e. The molecule has 0 fully saturated rings. The van der Waals surface area contributed by atoms with Crippen molar-refractivity contribution in [2.75, 3.05) is 13.2 Å². The van der Waals surface area contributed by atoms with Crippen molar-refractivity contribution in [2.45, 2.75) is 26.3 Å². The zero-order valence-electron chi connectivity index (χ0n) is 17.7. The number of nitriles is 1. The number of nitrogens with zero attached hydrogens (tertiary/aromatic N) is 1. The van der Waals surface area contributed by atoms with Gasteiger partial charge >= 0.3 is 5.97 Å². The number of benzene rings is 2. The molecule has 0 aromatic heterocycles. The second kappa shape index (κ2) is 10.8. The van der Waals surface area contributed by atoms with Crippen LogP contribution in [-0.2, 0) is 14.3 Å². The van der Waals surface area contributed by atoms with Crippen LogP contribution in [-0.4, -0.2) is 36.5 Å². The number of rotatable bonds is 9. The predicted octanol–water partition coefficient (Wildman–Crippen LogP) is 2.81. The van der Waals surface area contributed by atoms with E-state index in [1.165, 1.54) is 0 Å². The maximum absolute atomic E-state index is 12.2. The zero-order valence-corrected chi connectivity index (χ0v) is 17.7. The van der Waals surface area contributed by atoms with E-state index in [1.54, 1.807) is 45.0 Å². The maximum atomic E-state index is 12.2. The van der Waals surface area contributed by atoms with Crippen molar-refractivity contribution in [3.8, 4) is 17.6 Å². The monoisotopic (exact) mass is 423 g/mol. The summed E-state index contributed by atoms with van der Waals surface area (Å²) in [5, 5.41) is 14.2. The minimum absolute atomic E-state index is 0.124. The van der Waals surface area contributed by atoms with Gasteiger partial charge in [0.2, 0.25) is 0 Å². The van der Waals surface area contributed by atoms with E-state index in [9.17, 15) is 19.6 Å². The second-order valence-electron chi connectivity index (χ2n) is 7.30. The Morgan fingerprint density at radius 2 is 1.65 bits per heavy atom. The Hall–Kier alpha value is -3.86. The minimum Gasteiger partial charge on any atom is -0.457 e. The highest BCUT2D eigenvalue weighted by Crippen LogP contribution is 2.21. The first kappa shape index (κ1) is 23.4. The molecule has 2 N–H and O–H groups in total. The lowest BCUT2D eigenvalue weighted by Gasteiger charge is -2.27. The fourth-order valence-electron chi connectivity index (χ4n) is 2.38. The molecule has 0 unspecified atom stereocenters. The van der Waals surface area contributed by atoms with Gasteiger partial charge in [-0.15, -0.1) is 0 Å². The number of carbonyl (C=O) groups excluding carboxylic acids is 3. The zero-order chi connectivity index (χ0) is 22.9. The molecule has 0 bridgehead atoms. The number of carbonyl (C=O) groups is 3. The van der Waals surface area contributed by atoms with Crippen molar-refractivity contribution in [3.63, 3.8) is 0 Å². The quantitative estimate of drug-likeness (QED) is 0.599. The highest BCUT2D eigenvalue weighted by molar-refractivity contribution is 5.96. The summed E-state index contributed by atoms with van der Waals surface area (Å²) in [7, 11) is 0. The van der Waals surface area contributed by atoms with Crippen molar-refractivity contribution >= 4 is 17.8 Å². The van der Waals surface area contributed by atoms with E-state index in [4.69, 9.17) is 9.47 Å². The second-order valence-corrected chi connectivity index (χ2v) is 7.30. The molecule has 0 aliphatic heterocycles. The van der Waals surface area contributed by atoms with Gasteiger partial charge in [-0.25, -0.2) is 0 Å². The first-order chi connectivity index (χ1) is 14.7. The van der Waals surface area contributed by atoms with Crippen LogP contribution in [0.5, 0.6) is 11.5 Å². The maximum Gasteiger partial charge on any atom is 0.325 e. The van der Waals surface area contributed by atoms with Gasteiger partial charge < -0.3 is 20.1 Å². The van der Waals surface area contributed by atoms with Gasteiger partial charge in [0, 0.05) is 5.56 Å². The van der Waals surface area contributed by atoms with Crippen LogP contribution in [0.2, 0.25) is 0 Å². The molecular weight excluding hydrogens is 398 g/mol. The van der Waals surface area contributed by atoms with Crippen molar-refractivity contribution in [1.29, 1.82) is 5.26 Å². The van der Waals surface area contributed by atoms with Crippen LogP contribution in [0.1, 0.15) is 31.1 Å². The van der Waals surface area contributed by atoms with E-state index in [2.05, 4.69) is 10.6 Å². The Morgan fingerprint density at radius 1 is 1.03 bits per heavy atom. The molecule has 31 heavy (non-hydrogen) atoms. The summed E-state index contributed by atoms with van der Waals surface area (Å²) in [4.78, 5) is 35.9. The Labute approximate surface area is 181 Å². The highest BCUT2D eigenvalue weighted by Gasteiger charge is 2.30. The SMILES string of the molecule is CC(C)[C@@](C)(C#N)NC(=O)COC(=O)CNC(=O)c1ccc(Oc2ccccc2)cc1. The van der Waals surface area contributed by atoms with Gasteiger partial charge in [0.05, 0.1) is 6.07 Å². The highest BCUT2D eigenvalue weighted by atomic mass is 16.5. The van der Waals surface area contributed by atoms with Crippen molar-refractivity contribution < 1.29 is 23.9 Å². The molecule has 0 saturated heterocycles. The lowest BCUT2D eigenvalue weighted by molar-refractivity contribution is -0.147. The number of hydrogen-bond acceptors (Lipinski definition) is 6. The first-order valence-corrected chi connectivity index (χ1v) is 9.72. The van der Waals surface area contributed by atoms with Crippen LogP contribution in [0.3, 0.4) is 0 Å². The van der Waals surface area contributed by atoms with Crippen molar-refractivity contribution in [1.82, 2.24) is 10.6 Å². The fraction of sp³-hybridized carbons (Fsp3) is 0.304. The average Bonchev–Trinajstić information content (AvgIpc) is 2.77. The summed E-state index contributed by atoms with van der Waals surface area (Å²) in [5.74, 6) is -0.707. The lowest BCUT2D eigenvalue weighted by atomic mass is 9.90. The van der Waals surface area contributed by atoms with E-state index < -0.39 is 36.5 Å². The number of ether oxygens (including phenoxy) is 2. The van der Waals surface area contributed by atoms with E-state index in [1.807, 2.05) is 36.4 Å². The molecule has 162 valence electrons. The Morgan fingerprint density at radius 3 is 2.23 bits per heavy atom. The molecule has 0 aliphatic carbocycles. The van der Waals surface area contributed by atoms with E-state index in [0.29, 0.717) is 17.1 Å². The van der Waals surface area contributed by atoms with Crippen LogP contribution in [0.4, 0.5) is 0 Å². The van der Waals surface area contributed by atoms with Crippen LogP contribution >= 0.6 is 0 Å². The van der Waals surface area contributed by atoms with Gasteiger partial charge in [0.25, 0.3) is 11.8 Å². The standard InChI is InChI=1S/C23H25N3O5/c1-16(2)23(3,15-24)26-20(27)14-30-21(28)13-25-22(29)17-9-11-19(12-10-17)31-18-7-5-4-6-8-18/h4-12,16H,13-14H2,1-3H3,(H,25,29)(H,26,27)/t23-/m1/s1. The van der Waals surface area contributed by atoms with Gasteiger partial charge in [-0.3, -0.25) is 14.4 Å². The summed E-state index contributed by atoms with van der Waals surface area (Å²) in [5.41, 5.74) is -0.721. The van der Waals surface area contributed by atoms with Crippen LogP contribution in [0.15, 0.2) is 54.6 Å². The van der Waals surface area contributed by atoms with Gasteiger partial charge in [-0.2, -0.15) is 5.26 Å². The summed E-state index contributed by atoms with van der Waals surface area (Å²) < 4.78 is 10.5. The summed E-state index contributed by atoms with van der Waals surface area (Å²) >= 11 is 0. The minimum atomic E-state index is -1.06. The Bertz CT molecular complexity index is 951. The van der Waals surface area contributed by atoms with Gasteiger partial charge in [-0.1, -0.05) is 32.0 Å². The molecule has 1 atom stereocenters. The smallest absolute Gasteiger partial charge is 0.325 e. The third-order valence-electron chi connectivity index (χ3n) is 4.64. The van der Waals surface area contributed by atoms with Crippen molar-refractivity contribution in [3.05, 3.63) is 60.2 Å². The molecule has 2 aromatic rings. The Kier molecular flexibility index (Phi) is 8.15. The number of hydrogen-bond donors (Lipinski definition) is 2. The molecule has 0 aliphatic rings. The number of para-hydroxylation sites is 1. The molecule has 0 spiro atoms. The number of esters is 1. The molecule has 0 heterocycles. The molecule has 0 saturated carbocycles. The van der Waals surface area contributed by atoms with Crippen LogP contribution in [0, 0.1) is 17.2 Å². The number of amides is 2. The topological polar surface area (TPSA) is 118 Å². The lowest BCUT2D eigenvalue weighted by Crippen LogP contribution is -2.50. The summed E-state index contributed by atoms with van der Waals surface area (Å²) in [6, 6.07) is 17.7. The molecule has 8 heteroatoms. The molecule has 0 radical (unpaired) electrons. The van der Waals surface area contributed by atoms with Crippen LogP contribution < -0.4 is 15.4 Å². The third-order valence-corrected chi connectivity index (χ3v) is 4.64. The first-order valence-electron chi connectivity index (χ1n) is 9.72. The van der Waals surface area contributed by atoms with Crippen LogP contribution in [0.25, 0.3) is 0 Å². The van der Waals surface area contributed by atoms with E-state index >= 15 is 0 Å². The predicted molar refractivity (Wildman–Crippen MR) is 113 cm³/mol. The van der Waals surface area contributed by atoms with E-state index in [-0.39, 0.29) is 5.92 Å². The van der Waals surface area contributed by atoms with Gasteiger partial charge in [0.15, 0.2) is 6.61 Å². The van der Waals surface area contributed by atoms with Gasteiger partial charge in [-0.05, 0) is 49.2 Å². The average molecular weight is 423 g/mol. The number of nitrogens with one attached hydrogen (secondary N) is 2. The summed E-state index contributed by atoms with van der Waals surface area (Å²) in [6.07, 6.45) is 0. The van der Waals surface area contributed by atoms with E-state index in [0.717, 1.165) is 0 Å². The third kappa shape index (κ3) is 7.16.